The number of urea groups is 1. The van der Waals surface area contributed by atoms with Gasteiger partial charge in [-0.25, -0.2) is 4.79 Å². The van der Waals surface area contributed by atoms with Crippen LogP contribution < -0.4 is 10.6 Å². The summed E-state index contributed by atoms with van der Waals surface area (Å²) >= 11 is 0. The van der Waals surface area contributed by atoms with Crippen molar-refractivity contribution in [2.75, 3.05) is 6.54 Å². The average Bonchev–Trinajstić information content (AvgIpc) is 3.13. The largest absolute Gasteiger partial charge is 0.481 e. The van der Waals surface area contributed by atoms with Crippen LogP contribution in [-0.4, -0.2) is 39.5 Å². The predicted octanol–water partition coefficient (Wildman–Crippen LogP) is 0.515. The van der Waals surface area contributed by atoms with Crippen molar-refractivity contribution in [3.63, 3.8) is 0 Å². The van der Waals surface area contributed by atoms with Gasteiger partial charge in [-0.2, -0.15) is 5.10 Å². The van der Waals surface area contributed by atoms with E-state index >= 15 is 0 Å². The van der Waals surface area contributed by atoms with Crippen molar-refractivity contribution in [3.8, 4) is 0 Å². The molecule has 0 radical (unpaired) electrons. The Morgan fingerprint density at radius 3 is 2.85 bits per heavy atom. The second kappa shape index (κ2) is 6.40. The van der Waals surface area contributed by atoms with Crippen LogP contribution in [0.1, 0.15) is 25.0 Å². The summed E-state index contributed by atoms with van der Waals surface area (Å²) in [5.74, 6) is -0.564. The first kappa shape index (κ1) is 14.4. The summed E-state index contributed by atoms with van der Waals surface area (Å²) in [6.45, 7) is 0.496. The highest BCUT2D eigenvalue weighted by Gasteiger charge is 2.33. The number of carboxylic acids is 1. The summed E-state index contributed by atoms with van der Waals surface area (Å²) in [4.78, 5) is 22.5. The van der Waals surface area contributed by atoms with Crippen molar-refractivity contribution < 1.29 is 14.7 Å². The summed E-state index contributed by atoms with van der Waals surface area (Å²) in [6.07, 6.45) is 4.38. The van der Waals surface area contributed by atoms with E-state index in [0.29, 0.717) is 18.9 Å². The van der Waals surface area contributed by atoms with Gasteiger partial charge in [0.1, 0.15) is 0 Å². The Kier molecular flexibility index (Phi) is 4.60. The molecule has 2 rings (SSSR count). The molecule has 20 heavy (non-hydrogen) atoms. The molecule has 3 N–H and O–H groups in total. The minimum Gasteiger partial charge on any atom is -0.481 e. The van der Waals surface area contributed by atoms with Gasteiger partial charge in [-0.15, -0.1) is 0 Å². The number of nitrogens with zero attached hydrogens (tertiary/aromatic N) is 2. The lowest BCUT2D eigenvalue weighted by molar-refractivity contribution is -0.137. The molecule has 0 aromatic carbocycles. The number of carboxylic acid groups (broad SMARTS) is 1. The summed E-state index contributed by atoms with van der Waals surface area (Å²) in [5, 5.41) is 18.4. The average molecular weight is 280 g/mol. The zero-order valence-corrected chi connectivity index (χ0v) is 11.5. The van der Waals surface area contributed by atoms with Gasteiger partial charge < -0.3 is 15.7 Å². The minimum absolute atomic E-state index is 0.0141. The number of amides is 2. The third-order valence-corrected chi connectivity index (χ3v) is 3.49. The Bertz CT molecular complexity index is 482. The Morgan fingerprint density at radius 1 is 1.55 bits per heavy atom. The molecule has 0 saturated heterocycles. The third-order valence-electron chi connectivity index (χ3n) is 3.49. The van der Waals surface area contributed by atoms with Gasteiger partial charge in [-0.1, -0.05) is 0 Å². The number of nitrogens with one attached hydrogen (secondary N) is 2. The quantitative estimate of drug-likeness (QED) is 0.678. The van der Waals surface area contributed by atoms with Crippen LogP contribution in [0.5, 0.6) is 0 Å². The summed E-state index contributed by atoms with van der Waals surface area (Å²) in [6, 6.07) is 1.34. The smallest absolute Gasteiger partial charge is 0.315 e. The number of aromatic nitrogens is 2. The van der Waals surface area contributed by atoms with Gasteiger partial charge in [0.15, 0.2) is 0 Å². The molecular formula is C13H20N4O3. The number of hydrogen-bond acceptors (Lipinski definition) is 3. The van der Waals surface area contributed by atoms with E-state index in [2.05, 4.69) is 15.7 Å². The topological polar surface area (TPSA) is 96.3 Å². The molecular weight excluding hydrogens is 260 g/mol. The van der Waals surface area contributed by atoms with Crippen LogP contribution in [0.25, 0.3) is 0 Å². The molecule has 1 heterocycles. The molecule has 7 heteroatoms. The van der Waals surface area contributed by atoms with Crippen molar-refractivity contribution in [2.45, 2.75) is 31.7 Å². The summed E-state index contributed by atoms with van der Waals surface area (Å²) in [5.41, 5.74) is 1.04. The van der Waals surface area contributed by atoms with Crippen LogP contribution in [0, 0.1) is 5.92 Å². The minimum atomic E-state index is -0.878. The van der Waals surface area contributed by atoms with Crippen LogP contribution >= 0.6 is 0 Å². The van der Waals surface area contributed by atoms with Gasteiger partial charge >= 0.3 is 12.0 Å². The molecule has 0 bridgehead atoms. The van der Waals surface area contributed by atoms with Crippen molar-refractivity contribution in [3.05, 3.63) is 18.0 Å². The molecule has 2 amide bonds. The van der Waals surface area contributed by atoms with Crippen LogP contribution in [-0.2, 0) is 18.3 Å². The molecule has 1 fully saturated rings. The highest BCUT2D eigenvalue weighted by atomic mass is 16.4. The standard InChI is InChI=1S/C13H20N4O3/c1-17-10(5-7-15-17)4-6-14-13(20)16-11(8-12(18)19)9-2-3-9/h5,7,9,11H,2-4,6,8H2,1H3,(H,18,19)(H2,14,16,20). The van der Waals surface area contributed by atoms with Crippen molar-refractivity contribution in [2.24, 2.45) is 13.0 Å². The molecule has 1 aliphatic carbocycles. The summed E-state index contributed by atoms with van der Waals surface area (Å²) in [7, 11) is 1.85. The van der Waals surface area contributed by atoms with E-state index in [1.807, 2.05) is 13.1 Å². The van der Waals surface area contributed by atoms with E-state index in [1.54, 1.807) is 10.9 Å². The first-order chi connectivity index (χ1) is 9.56. The predicted molar refractivity (Wildman–Crippen MR) is 72.2 cm³/mol. The van der Waals surface area contributed by atoms with Crippen LogP contribution in [0.2, 0.25) is 0 Å². The molecule has 7 nitrogen and oxygen atoms in total. The fourth-order valence-electron chi connectivity index (χ4n) is 2.19. The fraction of sp³-hybridized carbons (Fsp3) is 0.615. The fourth-order valence-corrected chi connectivity index (χ4v) is 2.19. The molecule has 1 atom stereocenters. The van der Waals surface area contributed by atoms with Gasteiger partial charge in [0.05, 0.1) is 6.42 Å². The zero-order chi connectivity index (χ0) is 14.5. The van der Waals surface area contributed by atoms with Crippen LogP contribution in [0.15, 0.2) is 12.3 Å². The number of aryl methyl sites for hydroxylation is 1. The lowest BCUT2D eigenvalue weighted by Crippen LogP contribution is -2.44. The van der Waals surface area contributed by atoms with E-state index < -0.39 is 5.97 Å². The maximum atomic E-state index is 11.7. The maximum absolute atomic E-state index is 11.7. The normalized spacial score (nSPS) is 15.7. The van der Waals surface area contributed by atoms with Gasteiger partial charge in [0.25, 0.3) is 0 Å². The number of carbonyl (C=O) groups excluding carboxylic acids is 1. The first-order valence-electron chi connectivity index (χ1n) is 6.79. The Morgan fingerprint density at radius 2 is 2.30 bits per heavy atom. The number of aliphatic carboxylic acids is 1. The Balaban J connectivity index is 1.71. The lowest BCUT2D eigenvalue weighted by atomic mass is 10.1. The van der Waals surface area contributed by atoms with E-state index in [4.69, 9.17) is 5.11 Å². The van der Waals surface area contributed by atoms with E-state index in [1.165, 1.54) is 0 Å². The molecule has 1 saturated carbocycles. The van der Waals surface area contributed by atoms with Gasteiger partial charge in [0.2, 0.25) is 0 Å². The first-order valence-corrected chi connectivity index (χ1v) is 6.79. The summed E-state index contributed by atoms with van der Waals surface area (Å²) < 4.78 is 1.76. The van der Waals surface area contributed by atoms with Gasteiger partial charge in [0, 0.05) is 37.9 Å². The van der Waals surface area contributed by atoms with Crippen LogP contribution in [0.3, 0.4) is 0 Å². The molecule has 1 aromatic rings. The number of rotatable bonds is 7. The second-order valence-corrected chi connectivity index (χ2v) is 5.14. The maximum Gasteiger partial charge on any atom is 0.315 e. The Hall–Kier alpha value is -2.05. The molecule has 110 valence electrons. The van der Waals surface area contributed by atoms with E-state index in [9.17, 15) is 9.59 Å². The molecule has 1 aliphatic rings. The second-order valence-electron chi connectivity index (χ2n) is 5.14. The Labute approximate surface area is 117 Å². The highest BCUT2D eigenvalue weighted by Crippen LogP contribution is 2.33. The van der Waals surface area contributed by atoms with Crippen molar-refractivity contribution >= 4 is 12.0 Å². The monoisotopic (exact) mass is 280 g/mol. The van der Waals surface area contributed by atoms with Gasteiger partial charge in [-0.05, 0) is 24.8 Å². The molecule has 1 unspecified atom stereocenters. The third kappa shape index (κ3) is 4.25. The highest BCUT2D eigenvalue weighted by molar-refractivity contribution is 5.75. The SMILES string of the molecule is Cn1nccc1CCNC(=O)NC(CC(=O)O)C1CC1. The van der Waals surface area contributed by atoms with Crippen LogP contribution in [0.4, 0.5) is 4.79 Å². The lowest BCUT2D eigenvalue weighted by Gasteiger charge is -2.16. The van der Waals surface area contributed by atoms with Gasteiger partial charge in [-0.3, -0.25) is 9.48 Å². The van der Waals surface area contributed by atoms with E-state index in [-0.39, 0.29) is 18.5 Å². The van der Waals surface area contributed by atoms with E-state index in [0.717, 1.165) is 18.5 Å². The number of hydrogen-bond donors (Lipinski definition) is 3. The zero-order valence-electron chi connectivity index (χ0n) is 11.5. The number of carbonyl (C=O) groups is 2. The molecule has 0 aliphatic heterocycles. The molecule has 0 spiro atoms. The molecule has 1 aromatic heterocycles. The van der Waals surface area contributed by atoms with Crippen molar-refractivity contribution in [1.29, 1.82) is 0 Å². The van der Waals surface area contributed by atoms with Crippen molar-refractivity contribution in [1.82, 2.24) is 20.4 Å².